The minimum atomic E-state index is -3.14. The average Bonchev–Trinajstić information content (AvgIpc) is 2.96. The lowest BCUT2D eigenvalue weighted by atomic mass is 9.99. The van der Waals surface area contributed by atoms with Crippen LogP contribution in [0.15, 0.2) is 24.4 Å². The Hall–Kier alpha value is -1.44. The van der Waals surface area contributed by atoms with Crippen LogP contribution in [0.4, 0.5) is 0 Å². The van der Waals surface area contributed by atoms with Crippen LogP contribution in [0.1, 0.15) is 18.4 Å². The lowest BCUT2D eigenvalue weighted by Crippen LogP contribution is -2.50. The van der Waals surface area contributed by atoms with Crippen LogP contribution < -0.4 is 5.32 Å². The van der Waals surface area contributed by atoms with Crippen LogP contribution in [0.3, 0.4) is 0 Å². The molecule has 3 rings (SSSR count). The van der Waals surface area contributed by atoms with Crippen LogP contribution >= 0.6 is 0 Å². The highest BCUT2D eigenvalue weighted by atomic mass is 32.2. The maximum atomic E-state index is 12.2. The molecule has 0 spiro atoms. The van der Waals surface area contributed by atoms with E-state index in [9.17, 15) is 8.42 Å². The van der Waals surface area contributed by atoms with Gasteiger partial charge in [0.05, 0.1) is 16.5 Å². The summed E-state index contributed by atoms with van der Waals surface area (Å²) in [7, 11) is -3.14. The van der Waals surface area contributed by atoms with Crippen LogP contribution in [-0.4, -0.2) is 49.4 Å². The van der Waals surface area contributed by atoms with Crippen molar-refractivity contribution < 1.29 is 13.2 Å². The maximum absolute atomic E-state index is 12.2. The fourth-order valence-electron chi connectivity index (χ4n) is 3.02. The molecule has 1 fully saturated rings. The molecule has 1 aliphatic heterocycles. The summed E-state index contributed by atoms with van der Waals surface area (Å²) in [5, 5.41) is 11.4. The number of H-pyrrole nitrogens is 1. The molecule has 0 atom stereocenters. The zero-order valence-corrected chi connectivity index (χ0v) is 13.4. The van der Waals surface area contributed by atoms with Crippen molar-refractivity contribution in [3.05, 3.63) is 30.0 Å². The Balaban J connectivity index is 1.72. The van der Waals surface area contributed by atoms with E-state index in [0.717, 1.165) is 16.5 Å². The van der Waals surface area contributed by atoms with E-state index in [2.05, 4.69) is 15.5 Å². The van der Waals surface area contributed by atoms with E-state index in [0.29, 0.717) is 39.1 Å². The van der Waals surface area contributed by atoms with Gasteiger partial charge in [0.2, 0.25) is 0 Å². The van der Waals surface area contributed by atoms with Crippen molar-refractivity contribution in [1.82, 2.24) is 15.5 Å². The van der Waals surface area contributed by atoms with Crippen molar-refractivity contribution in [2.75, 3.05) is 26.0 Å². The number of hydrogen-bond acceptors (Lipinski definition) is 5. The number of para-hydroxylation sites is 1. The summed E-state index contributed by atoms with van der Waals surface area (Å²) in [6.07, 6.45) is 4.21. The molecule has 22 heavy (non-hydrogen) atoms. The molecule has 0 radical (unpaired) electrons. The molecule has 0 bridgehead atoms. The second-order valence-electron chi connectivity index (χ2n) is 5.92. The number of nitrogens with zero attached hydrogens (tertiary/aromatic N) is 1. The number of rotatable bonds is 5. The first-order valence-electron chi connectivity index (χ1n) is 7.41. The van der Waals surface area contributed by atoms with E-state index >= 15 is 0 Å². The number of sulfone groups is 1. The number of ether oxygens (including phenoxy) is 1. The summed E-state index contributed by atoms with van der Waals surface area (Å²) >= 11 is 0. The van der Waals surface area contributed by atoms with E-state index < -0.39 is 14.6 Å². The summed E-state index contributed by atoms with van der Waals surface area (Å²) in [6.45, 7) is 2.06. The Morgan fingerprint density at radius 1 is 1.36 bits per heavy atom. The third kappa shape index (κ3) is 2.88. The van der Waals surface area contributed by atoms with Gasteiger partial charge < -0.3 is 10.1 Å². The van der Waals surface area contributed by atoms with E-state index in [1.54, 1.807) is 6.20 Å². The van der Waals surface area contributed by atoms with Gasteiger partial charge in [-0.05, 0) is 18.4 Å². The largest absolute Gasteiger partial charge is 0.381 e. The first-order chi connectivity index (χ1) is 10.5. The zero-order valence-electron chi connectivity index (χ0n) is 12.6. The average molecular weight is 323 g/mol. The number of nitrogens with one attached hydrogen (secondary N) is 2. The van der Waals surface area contributed by atoms with Gasteiger partial charge in [-0.15, -0.1) is 0 Å². The first kappa shape index (κ1) is 15.5. The number of benzene rings is 1. The second-order valence-corrected chi connectivity index (χ2v) is 8.33. The Morgan fingerprint density at radius 3 is 2.86 bits per heavy atom. The van der Waals surface area contributed by atoms with Gasteiger partial charge in [-0.1, -0.05) is 18.2 Å². The molecule has 0 aliphatic carbocycles. The molecule has 2 aromatic rings. The molecular formula is C15H21N3O3S. The maximum Gasteiger partial charge on any atom is 0.154 e. The van der Waals surface area contributed by atoms with E-state index in [-0.39, 0.29) is 0 Å². The minimum absolute atomic E-state index is 0.444. The van der Waals surface area contributed by atoms with Gasteiger partial charge in [0.1, 0.15) is 0 Å². The lowest BCUT2D eigenvalue weighted by Gasteiger charge is -2.35. The van der Waals surface area contributed by atoms with Gasteiger partial charge in [-0.3, -0.25) is 5.10 Å². The lowest BCUT2D eigenvalue weighted by molar-refractivity contribution is 0.0745. The van der Waals surface area contributed by atoms with Gasteiger partial charge >= 0.3 is 0 Å². The Kier molecular flexibility index (Phi) is 4.20. The van der Waals surface area contributed by atoms with Crippen LogP contribution in [0.25, 0.3) is 10.9 Å². The quantitative estimate of drug-likeness (QED) is 0.865. The van der Waals surface area contributed by atoms with Gasteiger partial charge in [0.25, 0.3) is 0 Å². The highest BCUT2D eigenvalue weighted by molar-refractivity contribution is 7.92. The van der Waals surface area contributed by atoms with Crippen LogP contribution in [-0.2, 0) is 21.1 Å². The second kappa shape index (κ2) is 5.98. The van der Waals surface area contributed by atoms with Crippen molar-refractivity contribution in [3.63, 3.8) is 0 Å². The third-order valence-electron chi connectivity index (χ3n) is 4.52. The number of fused-ring (bicyclic) bond motifs is 1. The first-order valence-corrected chi connectivity index (χ1v) is 9.30. The number of aromatic nitrogens is 2. The standard InChI is InChI=1S/C15H21N3O3S/c1-22(19,20)15(5-7-21-8-6-15)11-16-9-12-3-2-4-13-10-17-18-14(12)13/h2-4,10,16H,5-9,11H2,1H3,(H,17,18). The molecule has 1 aromatic carbocycles. The number of aromatic amines is 1. The van der Waals surface area contributed by atoms with Gasteiger partial charge in [-0.25, -0.2) is 8.42 Å². The Morgan fingerprint density at radius 2 is 2.14 bits per heavy atom. The van der Waals surface area contributed by atoms with E-state index in [1.807, 2.05) is 18.2 Å². The van der Waals surface area contributed by atoms with Crippen molar-refractivity contribution in [1.29, 1.82) is 0 Å². The fraction of sp³-hybridized carbons (Fsp3) is 0.533. The van der Waals surface area contributed by atoms with Gasteiger partial charge in [0.15, 0.2) is 9.84 Å². The van der Waals surface area contributed by atoms with Gasteiger partial charge in [0, 0.05) is 37.9 Å². The molecule has 120 valence electrons. The summed E-state index contributed by atoms with van der Waals surface area (Å²) in [6, 6.07) is 6.00. The Bertz CT molecular complexity index is 748. The predicted octanol–water partition coefficient (Wildman–Crippen LogP) is 1.25. The molecule has 1 aliphatic rings. The molecule has 6 nitrogen and oxygen atoms in total. The Labute approximate surface area is 130 Å². The minimum Gasteiger partial charge on any atom is -0.381 e. The van der Waals surface area contributed by atoms with Crippen molar-refractivity contribution in [2.24, 2.45) is 0 Å². The smallest absolute Gasteiger partial charge is 0.154 e. The summed E-state index contributed by atoms with van der Waals surface area (Å²) in [4.78, 5) is 0. The molecule has 0 unspecified atom stereocenters. The molecule has 2 heterocycles. The molecule has 0 saturated carbocycles. The number of hydrogen-bond donors (Lipinski definition) is 2. The van der Waals surface area contributed by atoms with Crippen LogP contribution in [0.5, 0.6) is 0 Å². The molecule has 1 saturated heterocycles. The zero-order chi connectivity index (χ0) is 15.6. The van der Waals surface area contributed by atoms with Crippen LogP contribution in [0.2, 0.25) is 0 Å². The van der Waals surface area contributed by atoms with Crippen LogP contribution in [0, 0.1) is 0 Å². The molecular weight excluding hydrogens is 302 g/mol. The highest BCUT2D eigenvalue weighted by Gasteiger charge is 2.41. The molecule has 1 aromatic heterocycles. The fourth-order valence-corrected chi connectivity index (χ4v) is 4.30. The summed E-state index contributed by atoms with van der Waals surface area (Å²) < 4.78 is 29.0. The predicted molar refractivity (Wildman–Crippen MR) is 85.4 cm³/mol. The summed E-state index contributed by atoms with van der Waals surface area (Å²) in [5.74, 6) is 0. The molecule has 0 amide bonds. The third-order valence-corrected chi connectivity index (χ3v) is 6.64. The molecule has 2 N–H and O–H groups in total. The normalized spacial score (nSPS) is 18.6. The van der Waals surface area contributed by atoms with Crippen molar-refractivity contribution in [3.8, 4) is 0 Å². The van der Waals surface area contributed by atoms with Crippen molar-refractivity contribution in [2.45, 2.75) is 24.1 Å². The van der Waals surface area contributed by atoms with Gasteiger partial charge in [-0.2, -0.15) is 5.10 Å². The highest BCUT2D eigenvalue weighted by Crippen LogP contribution is 2.28. The van der Waals surface area contributed by atoms with E-state index in [4.69, 9.17) is 4.74 Å². The van der Waals surface area contributed by atoms with E-state index in [1.165, 1.54) is 6.26 Å². The molecule has 7 heteroatoms. The topological polar surface area (TPSA) is 84.1 Å². The monoisotopic (exact) mass is 323 g/mol. The summed E-state index contributed by atoms with van der Waals surface area (Å²) in [5.41, 5.74) is 2.08. The SMILES string of the molecule is CS(=O)(=O)C1(CNCc2cccc3cn[nH]c23)CCOCC1. The van der Waals surface area contributed by atoms with Crippen molar-refractivity contribution >= 4 is 20.7 Å².